The Labute approximate surface area is 443 Å². The first-order chi connectivity index (χ1) is 37.2. The molecule has 6 aromatic heterocycles. The Hall–Kier alpha value is -4.95. The van der Waals surface area contributed by atoms with E-state index in [1.807, 2.05) is 0 Å². The summed E-state index contributed by atoms with van der Waals surface area (Å²) in [5.41, 5.74) is 11.8. The summed E-state index contributed by atoms with van der Waals surface area (Å²) in [4.78, 5) is 87.1. The van der Waals surface area contributed by atoms with Gasteiger partial charge in [-0.25, -0.2) is 52.7 Å². The molecule has 3 aliphatic heterocycles. The van der Waals surface area contributed by atoms with Crippen molar-refractivity contribution in [1.82, 2.24) is 53.6 Å². The molecule has 434 valence electrons. The van der Waals surface area contributed by atoms with Crippen LogP contribution < -0.4 is 26.9 Å². The molecule has 3 saturated heterocycles. The van der Waals surface area contributed by atoms with Crippen LogP contribution in [0.3, 0.4) is 0 Å². The number of nitrogens with zero attached hydrogens (tertiary/aromatic N) is 11. The van der Waals surface area contributed by atoms with E-state index in [0.717, 1.165) is 14.2 Å². The Morgan fingerprint density at radius 3 is 1.91 bits per heavy atom. The molecule has 0 spiro atoms. The SMILES string of the molecule is CNc1ncnc2c1ncn2[C@@H]1O[C@H](COP(=O)(O)OP(=O)(O)OP(=O)(O)OC[C@H]2O[C@@H]([n+]3cn(C)c4c(=O)[nH]c(N)nc43)C(O)[C@H]2OC)[C@H](OP(=O)(O)OC[C@H]2O[C@@H](n3cnc4c(N)ncnc43)C(O)[C@H]2OC(C)C)C1OC. The monoisotopic (exact) mass is 1200 g/mol. The zero-order chi connectivity index (χ0) is 57.1. The molecule has 3 aliphatic rings. The predicted molar refractivity (Wildman–Crippen MR) is 260 cm³/mol. The fourth-order valence-corrected chi connectivity index (χ4v) is 13.6. The first-order valence-corrected chi connectivity index (χ1v) is 29.2. The van der Waals surface area contributed by atoms with E-state index in [1.54, 1.807) is 20.9 Å². The summed E-state index contributed by atoms with van der Waals surface area (Å²) >= 11 is 0. The van der Waals surface area contributed by atoms with Crippen molar-refractivity contribution in [3.63, 3.8) is 0 Å². The number of ether oxygens (including phenoxy) is 6. The Balaban J connectivity index is 0.885. The zero-order valence-corrected chi connectivity index (χ0v) is 45.6. The molecule has 16 atom stereocenters. The number of aliphatic hydroxyl groups excluding tert-OH is 2. The molecule has 12 N–H and O–H groups in total. The summed E-state index contributed by atoms with van der Waals surface area (Å²) in [6.07, 6.45) is -11.6. The number of aliphatic hydroxyl groups is 2. The molecule has 9 heterocycles. The molecule has 0 amide bonds. The van der Waals surface area contributed by atoms with Crippen LogP contribution in [0.15, 0.2) is 36.4 Å². The van der Waals surface area contributed by atoms with Crippen LogP contribution in [0.25, 0.3) is 33.5 Å². The maximum Gasteiger partial charge on any atom is 0.490 e. The minimum atomic E-state index is -6.16. The first kappa shape index (κ1) is 58.7. The zero-order valence-electron chi connectivity index (χ0n) is 42.0. The van der Waals surface area contributed by atoms with E-state index < -0.39 is 136 Å². The van der Waals surface area contributed by atoms with Crippen molar-refractivity contribution in [2.75, 3.05) is 57.9 Å². The molecule has 0 aromatic carbocycles. The number of nitrogens with one attached hydrogen (secondary N) is 2. The summed E-state index contributed by atoms with van der Waals surface area (Å²) < 4.78 is 123. The number of phosphoric acid groups is 4. The van der Waals surface area contributed by atoms with Gasteiger partial charge in [-0.05, 0) is 13.8 Å². The van der Waals surface area contributed by atoms with Crippen LogP contribution in [0, 0.1) is 0 Å². The van der Waals surface area contributed by atoms with E-state index in [0.29, 0.717) is 0 Å². The standard InChI is InChI=1S/C37H53N15O23P4/c1-15(2)69-25-17(71-34(23(25)54)50-12-45-19-28(38)41-10-43-30(19)50)8-66-76(56,57)73-26-18(72-36(27(26)65-6)51-13-46-20-29(40-3)42-11-44-31(20)51)9-68-78(60,61)75-79(62,63)74-77(58,59)67-7-16-24(64-5)22(53)35(70-16)52-14-49(4)21-32(52)47-37(39)48-33(21)55/h10-18,22-27,34-36,53-54H,7-9H2,1-6H3,(H9-,38,39,40,41,42,43,44,47,48,55,56,57,58,59,60,61,62,63)/p+1/t16-,17-,18-,22?,23?,24+,25+,26+,27?,34-,35-,36-/m1/s1. The van der Waals surface area contributed by atoms with E-state index in [4.69, 9.17) is 58.0 Å². The maximum atomic E-state index is 14.0. The van der Waals surface area contributed by atoms with Gasteiger partial charge in [-0.2, -0.15) is 8.62 Å². The topological polar surface area (TPSA) is 506 Å². The molecule has 38 nitrogen and oxygen atoms in total. The lowest BCUT2D eigenvalue weighted by atomic mass is 10.1. The minimum Gasteiger partial charge on any atom is -0.386 e. The van der Waals surface area contributed by atoms with Gasteiger partial charge >= 0.3 is 36.9 Å². The third-order valence-electron chi connectivity index (χ3n) is 12.3. The van der Waals surface area contributed by atoms with Gasteiger partial charge in [-0.15, -0.1) is 0 Å². The van der Waals surface area contributed by atoms with E-state index in [2.05, 4.69) is 53.8 Å². The molecule has 0 bridgehead atoms. The van der Waals surface area contributed by atoms with Gasteiger partial charge in [-0.1, -0.05) is 4.98 Å². The van der Waals surface area contributed by atoms with Crippen LogP contribution in [0.4, 0.5) is 17.6 Å². The quantitative estimate of drug-likeness (QED) is 0.0259. The average Bonchev–Trinajstić information content (AvgIpc) is 4.44. The number of phosphoric ester groups is 3. The second-order valence-corrected chi connectivity index (χ2v) is 23.9. The van der Waals surface area contributed by atoms with Gasteiger partial charge in [0.2, 0.25) is 11.7 Å². The van der Waals surface area contributed by atoms with Gasteiger partial charge in [0.1, 0.15) is 78.6 Å². The van der Waals surface area contributed by atoms with Crippen LogP contribution in [-0.4, -0.2) is 185 Å². The van der Waals surface area contributed by atoms with Crippen LogP contribution in [0.5, 0.6) is 0 Å². The van der Waals surface area contributed by atoms with Crippen molar-refractivity contribution in [2.24, 2.45) is 7.05 Å². The van der Waals surface area contributed by atoms with Gasteiger partial charge in [0.25, 0.3) is 11.5 Å². The number of aromatic amines is 1. The number of hydrogen-bond donors (Lipinski definition) is 10. The highest BCUT2D eigenvalue weighted by atomic mass is 31.3. The number of anilines is 3. The number of rotatable bonds is 23. The van der Waals surface area contributed by atoms with Crippen molar-refractivity contribution < 1.29 is 108 Å². The van der Waals surface area contributed by atoms with E-state index in [9.17, 15) is 52.8 Å². The molecule has 9 rings (SSSR count). The predicted octanol–water partition coefficient (Wildman–Crippen LogP) is -1.46. The van der Waals surface area contributed by atoms with Crippen LogP contribution in [-0.2, 0) is 80.4 Å². The average molecular weight is 1200 g/mol. The van der Waals surface area contributed by atoms with Crippen molar-refractivity contribution in [2.45, 2.75) is 93.6 Å². The van der Waals surface area contributed by atoms with Crippen molar-refractivity contribution in [3.05, 3.63) is 42.0 Å². The number of nitrogens with two attached hydrogens (primary N) is 2. The normalized spacial score (nSPS) is 29.6. The van der Waals surface area contributed by atoms with E-state index in [-0.39, 0.29) is 51.1 Å². The Kier molecular flexibility index (Phi) is 16.9. The highest BCUT2D eigenvalue weighted by Crippen LogP contribution is 2.68. The number of fused-ring (bicyclic) bond motifs is 3. The van der Waals surface area contributed by atoms with Crippen LogP contribution in [0.2, 0.25) is 0 Å². The number of hydrogen-bond acceptors (Lipinski definition) is 29. The first-order valence-electron chi connectivity index (χ1n) is 23.2. The molecule has 6 aromatic rings. The largest absolute Gasteiger partial charge is 0.490 e. The summed E-state index contributed by atoms with van der Waals surface area (Å²) in [7, 11) is -17.9. The second kappa shape index (κ2) is 22.8. The number of methoxy groups -OCH3 is 2. The Bertz CT molecular complexity index is 3460. The molecule has 42 heteroatoms. The number of aromatic nitrogens is 12. The fourth-order valence-electron chi connectivity index (χ4n) is 9.13. The molecule has 0 radical (unpaired) electrons. The number of nitrogen functional groups attached to an aromatic ring is 2. The van der Waals surface area contributed by atoms with Gasteiger partial charge < -0.3 is 75.0 Å². The van der Waals surface area contributed by atoms with Crippen molar-refractivity contribution >= 4 is 82.4 Å². The highest BCUT2D eigenvalue weighted by Gasteiger charge is 2.54. The fraction of sp³-hybridized carbons (Fsp3) is 0.595. The van der Waals surface area contributed by atoms with Gasteiger partial charge in [-0.3, -0.25) is 41.6 Å². The lowest BCUT2D eigenvalue weighted by Gasteiger charge is -2.27. The smallest absolute Gasteiger partial charge is 0.386 e. The van der Waals surface area contributed by atoms with E-state index >= 15 is 0 Å². The lowest BCUT2D eigenvalue weighted by molar-refractivity contribution is -0.745. The Morgan fingerprint density at radius 1 is 0.734 bits per heavy atom. The van der Waals surface area contributed by atoms with Gasteiger partial charge in [0.05, 0.1) is 45.6 Å². The molecule has 0 aliphatic carbocycles. The molecule has 3 fully saturated rings. The van der Waals surface area contributed by atoms with Crippen molar-refractivity contribution in [1.29, 1.82) is 0 Å². The summed E-state index contributed by atoms with van der Waals surface area (Å²) in [5.74, 6) is 0.0599. The third kappa shape index (κ3) is 12.2. The molecular formula is C37H54N15O23P4+. The van der Waals surface area contributed by atoms with Crippen LogP contribution >= 0.6 is 31.3 Å². The minimum absolute atomic E-state index is 0.0272. The number of imidazole rings is 3. The number of H-pyrrole nitrogens is 1. The van der Waals surface area contributed by atoms with Gasteiger partial charge in [0.15, 0.2) is 41.7 Å². The lowest BCUT2D eigenvalue weighted by Crippen LogP contribution is -2.46. The van der Waals surface area contributed by atoms with Crippen LogP contribution in [0.1, 0.15) is 32.5 Å². The molecule has 0 saturated carbocycles. The summed E-state index contributed by atoms with van der Waals surface area (Å²) in [6.45, 7) is 0.365. The summed E-state index contributed by atoms with van der Waals surface area (Å²) in [6, 6.07) is 0. The molecular weight excluding hydrogens is 1150 g/mol. The maximum absolute atomic E-state index is 14.0. The number of aryl methyl sites for hydroxylation is 1. The molecule has 7 unspecified atom stereocenters. The highest BCUT2D eigenvalue weighted by molar-refractivity contribution is 7.66. The third-order valence-corrected chi connectivity index (χ3v) is 17.6. The van der Waals surface area contributed by atoms with Gasteiger partial charge in [0, 0.05) is 21.3 Å². The van der Waals surface area contributed by atoms with E-state index in [1.165, 1.54) is 57.0 Å². The second-order valence-electron chi connectivity index (χ2n) is 17.9. The summed E-state index contributed by atoms with van der Waals surface area (Å²) in [5, 5.41) is 25.4. The van der Waals surface area contributed by atoms with Crippen molar-refractivity contribution in [3.8, 4) is 0 Å². The Morgan fingerprint density at radius 2 is 1.29 bits per heavy atom. The molecule has 79 heavy (non-hydrogen) atoms.